The van der Waals surface area contributed by atoms with Gasteiger partial charge >= 0.3 is 0 Å². The zero-order valence-electron chi connectivity index (χ0n) is 9.58. The number of benzene rings is 1. The monoisotopic (exact) mass is 250 g/mol. The molecule has 1 aromatic rings. The molecule has 1 heterocycles. The van der Waals surface area contributed by atoms with Gasteiger partial charge in [0.1, 0.15) is 11.9 Å². The van der Waals surface area contributed by atoms with Crippen molar-refractivity contribution < 1.29 is 4.39 Å². The van der Waals surface area contributed by atoms with E-state index in [1.54, 1.807) is 6.07 Å². The first-order valence-corrected chi connectivity index (χ1v) is 6.96. The lowest BCUT2D eigenvalue weighted by Gasteiger charge is -2.22. The Labute approximate surface area is 105 Å². The molecule has 0 bridgehead atoms. The van der Waals surface area contributed by atoms with Gasteiger partial charge in [0.25, 0.3) is 0 Å². The van der Waals surface area contributed by atoms with E-state index in [0.717, 1.165) is 12.2 Å². The molecule has 1 N–H and O–H groups in total. The Balaban J connectivity index is 1.90. The number of hydrogen-bond acceptors (Lipinski definition) is 3. The molecule has 2 rings (SSSR count). The van der Waals surface area contributed by atoms with Crippen LogP contribution in [0.2, 0.25) is 0 Å². The third-order valence-corrected chi connectivity index (χ3v) is 4.07. The van der Waals surface area contributed by atoms with E-state index >= 15 is 0 Å². The minimum absolute atomic E-state index is 0.101. The fourth-order valence-corrected chi connectivity index (χ4v) is 3.13. The molecule has 1 fully saturated rings. The lowest BCUT2D eigenvalue weighted by Crippen LogP contribution is -2.19. The third kappa shape index (κ3) is 3.37. The molecule has 0 radical (unpaired) electrons. The van der Waals surface area contributed by atoms with Crippen LogP contribution in [-0.4, -0.2) is 18.1 Å². The van der Waals surface area contributed by atoms with Gasteiger partial charge in [0.05, 0.1) is 5.56 Å². The molecule has 0 atom stereocenters. The Morgan fingerprint density at radius 1 is 1.41 bits per heavy atom. The van der Waals surface area contributed by atoms with Crippen LogP contribution in [0.3, 0.4) is 0 Å². The van der Waals surface area contributed by atoms with Gasteiger partial charge in [-0.2, -0.15) is 17.0 Å². The van der Waals surface area contributed by atoms with E-state index in [2.05, 4.69) is 5.32 Å². The van der Waals surface area contributed by atoms with Crippen LogP contribution in [-0.2, 0) is 0 Å². The lowest BCUT2D eigenvalue weighted by atomic mass is 10.0. The first-order valence-electron chi connectivity index (χ1n) is 5.81. The molecule has 1 aromatic carbocycles. The summed E-state index contributed by atoms with van der Waals surface area (Å²) in [4.78, 5) is 0. The summed E-state index contributed by atoms with van der Waals surface area (Å²) >= 11 is 2.00. The highest BCUT2D eigenvalue weighted by atomic mass is 32.2. The fourth-order valence-electron chi connectivity index (χ4n) is 1.93. The molecular weight excluding hydrogens is 235 g/mol. The number of nitrogens with one attached hydrogen (secondary N) is 1. The molecule has 0 aromatic heterocycles. The predicted octanol–water partition coefficient (Wildman–Crippen LogP) is 3.25. The zero-order valence-corrected chi connectivity index (χ0v) is 10.4. The summed E-state index contributed by atoms with van der Waals surface area (Å²) in [5, 5.41) is 11.9. The van der Waals surface area contributed by atoms with Crippen LogP contribution in [0.5, 0.6) is 0 Å². The normalized spacial score (nSPS) is 16.5. The predicted molar refractivity (Wildman–Crippen MR) is 69.7 cm³/mol. The lowest BCUT2D eigenvalue weighted by molar-refractivity contribution is 0.516. The summed E-state index contributed by atoms with van der Waals surface area (Å²) in [5.41, 5.74) is 0.865. The van der Waals surface area contributed by atoms with Crippen LogP contribution in [0.25, 0.3) is 0 Å². The molecule has 0 aliphatic carbocycles. The summed E-state index contributed by atoms with van der Waals surface area (Å²) in [6.07, 6.45) is 2.47. The smallest absolute Gasteiger partial charge is 0.143 e. The maximum Gasteiger partial charge on any atom is 0.143 e. The topological polar surface area (TPSA) is 35.8 Å². The standard InChI is InChI=1S/C13H15FN2S/c14-13-7-12(2-1-11(13)8-15)16-9-10-3-5-17-6-4-10/h1-2,7,10,16H,3-6,9H2. The van der Waals surface area contributed by atoms with Crippen molar-refractivity contribution in [3.63, 3.8) is 0 Å². The van der Waals surface area contributed by atoms with Gasteiger partial charge in [0.15, 0.2) is 0 Å². The van der Waals surface area contributed by atoms with Crippen LogP contribution >= 0.6 is 11.8 Å². The van der Waals surface area contributed by atoms with Gasteiger partial charge in [-0.25, -0.2) is 4.39 Å². The first kappa shape index (κ1) is 12.3. The van der Waals surface area contributed by atoms with E-state index in [1.165, 1.54) is 36.5 Å². The average Bonchev–Trinajstić information content (AvgIpc) is 2.38. The van der Waals surface area contributed by atoms with E-state index in [9.17, 15) is 4.39 Å². The second kappa shape index (κ2) is 5.92. The van der Waals surface area contributed by atoms with Gasteiger partial charge < -0.3 is 5.32 Å². The summed E-state index contributed by atoms with van der Waals surface area (Å²) in [6, 6.07) is 6.51. The Hall–Kier alpha value is -1.21. The van der Waals surface area contributed by atoms with Crippen molar-refractivity contribution in [3.05, 3.63) is 29.6 Å². The second-order valence-electron chi connectivity index (χ2n) is 4.24. The summed E-state index contributed by atoms with van der Waals surface area (Å²) in [7, 11) is 0. The summed E-state index contributed by atoms with van der Waals surface area (Å²) in [5.74, 6) is 2.70. The zero-order chi connectivity index (χ0) is 12.1. The van der Waals surface area contributed by atoms with Crippen LogP contribution in [0.4, 0.5) is 10.1 Å². The minimum atomic E-state index is -0.448. The number of nitriles is 1. The van der Waals surface area contributed by atoms with E-state index in [0.29, 0.717) is 5.92 Å². The quantitative estimate of drug-likeness (QED) is 0.894. The molecule has 0 unspecified atom stereocenters. The van der Waals surface area contributed by atoms with Gasteiger partial charge in [-0.1, -0.05) is 0 Å². The molecule has 90 valence electrons. The molecule has 1 saturated heterocycles. The molecule has 0 amide bonds. The van der Waals surface area contributed by atoms with Crippen molar-refractivity contribution in [2.24, 2.45) is 5.92 Å². The van der Waals surface area contributed by atoms with Crippen LogP contribution < -0.4 is 5.32 Å². The third-order valence-electron chi connectivity index (χ3n) is 3.03. The number of hydrogen-bond donors (Lipinski definition) is 1. The van der Waals surface area contributed by atoms with Crippen molar-refractivity contribution in [2.45, 2.75) is 12.8 Å². The van der Waals surface area contributed by atoms with Crippen molar-refractivity contribution in [1.82, 2.24) is 0 Å². The molecule has 0 spiro atoms. The Morgan fingerprint density at radius 3 is 2.82 bits per heavy atom. The highest BCUT2D eigenvalue weighted by Gasteiger charge is 2.13. The van der Waals surface area contributed by atoms with Crippen molar-refractivity contribution in [3.8, 4) is 6.07 Å². The summed E-state index contributed by atoms with van der Waals surface area (Å²) in [6.45, 7) is 0.895. The second-order valence-corrected chi connectivity index (χ2v) is 5.47. The first-order chi connectivity index (χ1) is 8.29. The molecular formula is C13H15FN2S. The van der Waals surface area contributed by atoms with E-state index in [-0.39, 0.29) is 5.56 Å². The van der Waals surface area contributed by atoms with Crippen molar-refractivity contribution in [1.29, 1.82) is 5.26 Å². The maximum absolute atomic E-state index is 13.4. The largest absolute Gasteiger partial charge is 0.385 e. The van der Waals surface area contributed by atoms with E-state index < -0.39 is 5.82 Å². The van der Waals surface area contributed by atoms with Crippen LogP contribution in [0.1, 0.15) is 18.4 Å². The maximum atomic E-state index is 13.4. The number of thioether (sulfide) groups is 1. The minimum Gasteiger partial charge on any atom is -0.385 e. The number of rotatable bonds is 3. The molecule has 1 aliphatic heterocycles. The van der Waals surface area contributed by atoms with Crippen molar-refractivity contribution >= 4 is 17.4 Å². The SMILES string of the molecule is N#Cc1ccc(NCC2CCSCC2)cc1F. The summed E-state index contributed by atoms with van der Waals surface area (Å²) < 4.78 is 13.4. The van der Waals surface area contributed by atoms with E-state index in [1.807, 2.05) is 17.8 Å². The molecule has 4 heteroatoms. The molecule has 17 heavy (non-hydrogen) atoms. The Kier molecular flexibility index (Phi) is 4.27. The fraction of sp³-hybridized carbons (Fsp3) is 0.462. The van der Waals surface area contributed by atoms with Gasteiger partial charge in [-0.3, -0.25) is 0 Å². The molecule has 2 nitrogen and oxygen atoms in total. The van der Waals surface area contributed by atoms with Gasteiger partial charge in [0.2, 0.25) is 0 Å². The average molecular weight is 250 g/mol. The molecule has 1 aliphatic rings. The number of halogens is 1. The Bertz CT molecular complexity index is 422. The van der Waals surface area contributed by atoms with E-state index in [4.69, 9.17) is 5.26 Å². The van der Waals surface area contributed by atoms with Crippen LogP contribution in [0, 0.1) is 23.1 Å². The van der Waals surface area contributed by atoms with Gasteiger partial charge in [-0.15, -0.1) is 0 Å². The highest BCUT2D eigenvalue weighted by molar-refractivity contribution is 7.99. The number of nitrogens with zero attached hydrogens (tertiary/aromatic N) is 1. The Morgan fingerprint density at radius 2 is 2.18 bits per heavy atom. The molecule has 0 saturated carbocycles. The van der Waals surface area contributed by atoms with Gasteiger partial charge in [-0.05, 0) is 48.5 Å². The number of anilines is 1. The highest BCUT2D eigenvalue weighted by Crippen LogP contribution is 2.23. The van der Waals surface area contributed by atoms with Gasteiger partial charge in [0, 0.05) is 12.2 Å². The van der Waals surface area contributed by atoms with Crippen LogP contribution in [0.15, 0.2) is 18.2 Å². The van der Waals surface area contributed by atoms with Crippen molar-refractivity contribution in [2.75, 3.05) is 23.4 Å².